The summed E-state index contributed by atoms with van der Waals surface area (Å²) in [4.78, 5) is 5.14. The van der Waals surface area contributed by atoms with E-state index in [0.717, 1.165) is 0 Å². The zero-order chi connectivity index (χ0) is 40.2. The number of anilines is 6. The average Bonchev–Trinajstić information content (AvgIpc) is 4.08. The first kappa shape index (κ1) is 36.1. The van der Waals surface area contributed by atoms with E-state index in [1.54, 1.807) is 0 Å². The van der Waals surface area contributed by atoms with Gasteiger partial charge in [0.1, 0.15) is 20.0 Å². The van der Waals surface area contributed by atoms with E-state index in [-0.39, 0.29) is 0 Å². The number of nitrogens with zero attached hydrogens (tertiary/aromatic N) is 2. The van der Waals surface area contributed by atoms with Crippen molar-refractivity contribution in [1.29, 1.82) is 0 Å². The van der Waals surface area contributed by atoms with Gasteiger partial charge < -0.3 is 0 Å². The molecule has 8 aromatic carbocycles. The third kappa shape index (κ3) is 5.62. The molecule has 0 saturated carbocycles. The van der Waals surface area contributed by atoms with Crippen molar-refractivity contribution in [2.75, 3.05) is 9.80 Å². The number of hydrogen-bond acceptors (Lipinski definition) is 6. The van der Waals surface area contributed by atoms with Crippen LogP contribution in [0.15, 0.2) is 158 Å². The predicted molar refractivity (Wildman–Crippen MR) is 269 cm³/mol. The van der Waals surface area contributed by atoms with Crippen molar-refractivity contribution >= 4 is 149 Å². The molecule has 290 valence electrons. The summed E-state index contributed by atoms with van der Waals surface area (Å²) in [6, 6.07) is 59.5. The fourth-order valence-corrected chi connectivity index (χ4v) is 13.8. The molecule has 0 N–H and O–H groups in total. The highest BCUT2D eigenvalue weighted by atomic mass is 32.1. The van der Waals surface area contributed by atoms with E-state index >= 15 is 0 Å². The van der Waals surface area contributed by atoms with Crippen LogP contribution in [0.3, 0.4) is 0 Å². The fraction of sp³-hybridized carbons (Fsp3) is 0.111. The highest BCUT2D eigenvalue weighted by Crippen LogP contribution is 2.54. The Bertz CT molecular complexity index is 3080. The summed E-state index contributed by atoms with van der Waals surface area (Å²) >= 11 is 7.51. The number of rotatable bonds is 8. The summed E-state index contributed by atoms with van der Waals surface area (Å²) in [5.74, 6) is 0.634. The maximum atomic E-state index is 2.57. The van der Waals surface area contributed by atoms with Crippen LogP contribution in [0.4, 0.5) is 31.4 Å². The van der Waals surface area contributed by atoms with E-state index in [2.05, 4.69) is 195 Å². The van der Waals surface area contributed by atoms with Gasteiger partial charge in [0.25, 0.3) is 0 Å². The Kier molecular flexibility index (Phi) is 8.37. The highest BCUT2D eigenvalue weighted by Gasteiger charge is 2.28. The van der Waals surface area contributed by atoms with Crippen LogP contribution in [0.1, 0.15) is 50.7 Å². The number of thiophene rings is 4. The zero-order valence-corrected chi connectivity index (χ0v) is 37.0. The molecule has 4 aromatic heterocycles. The Morgan fingerprint density at radius 1 is 0.333 bits per heavy atom. The van der Waals surface area contributed by atoms with Crippen LogP contribution >= 0.6 is 45.3 Å². The van der Waals surface area contributed by atoms with Crippen molar-refractivity contribution < 1.29 is 0 Å². The third-order valence-electron chi connectivity index (χ3n) is 12.2. The lowest BCUT2D eigenvalue weighted by Gasteiger charge is -2.29. The van der Waals surface area contributed by atoms with E-state index < -0.39 is 0 Å². The van der Waals surface area contributed by atoms with E-state index in [9.17, 15) is 0 Å². The molecule has 0 aliphatic carbocycles. The molecule has 0 saturated heterocycles. The van der Waals surface area contributed by atoms with Crippen molar-refractivity contribution in [3.05, 3.63) is 169 Å². The van der Waals surface area contributed by atoms with Gasteiger partial charge in [-0.1, -0.05) is 125 Å². The highest BCUT2D eigenvalue weighted by molar-refractivity contribution is 7.25. The predicted octanol–water partition coefficient (Wildman–Crippen LogP) is 18.6. The van der Waals surface area contributed by atoms with Crippen LogP contribution in [0.25, 0.3) is 72.7 Å². The van der Waals surface area contributed by atoms with Gasteiger partial charge in [-0.2, -0.15) is 0 Å². The fourth-order valence-electron chi connectivity index (χ4n) is 9.34. The first-order valence-corrected chi connectivity index (χ1v) is 24.0. The van der Waals surface area contributed by atoms with Crippen molar-refractivity contribution in [3.63, 3.8) is 0 Å². The van der Waals surface area contributed by atoms with Crippen molar-refractivity contribution in [2.24, 2.45) is 0 Å². The summed E-state index contributed by atoms with van der Waals surface area (Å²) < 4.78 is 5.20. The molecule has 6 heteroatoms. The molecular weight excluding hydrogens is 805 g/mol. The van der Waals surface area contributed by atoms with Gasteiger partial charge in [0, 0.05) is 29.6 Å². The smallest absolute Gasteiger partial charge is 0.102 e. The first-order valence-electron chi connectivity index (χ1n) is 20.7. The van der Waals surface area contributed by atoms with Gasteiger partial charge in [-0.05, 0) is 127 Å². The van der Waals surface area contributed by atoms with Gasteiger partial charge in [-0.15, -0.1) is 45.3 Å². The van der Waals surface area contributed by atoms with Gasteiger partial charge in [0.15, 0.2) is 0 Å². The van der Waals surface area contributed by atoms with E-state index in [1.807, 2.05) is 45.3 Å². The van der Waals surface area contributed by atoms with Crippen LogP contribution in [0.2, 0.25) is 0 Å². The van der Waals surface area contributed by atoms with Crippen molar-refractivity contribution in [3.8, 4) is 0 Å². The van der Waals surface area contributed by atoms with Crippen LogP contribution in [-0.2, 0) is 0 Å². The van der Waals surface area contributed by atoms with Crippen molar-refractivity contribution in [2.45, 2.75) is 39.5 Å². The normalized spacial score (nSPS) is 12.3. The molecule has 4 heterocycles. The second kappa shape index (κ2) is 13.9. The lowest BCUT2D eigenvalue weighted by atomic mass is 9.84. The summed E-state index contributed by atoms with van der Waals surface area (Å²) in [5, 5.41) is 18.0. The molecule has 0 amide bonds. The topological polar surface area (TPSA) is 6.48 Å². The molecular formula is C54H40N2S4. The molecule has 12 aromatic rings. The lowest BCUT2D eigenvalue weighted by Crippen LogP contribution is -2.10. The first-order chi connectivity index (χ1) is 29.4. The minimum absolute atomic E-state index is 0.317. The molecule has 0 bridgehead atoms. The number of fused-ring (bicyclic) bond motifs is 4. The molecule has 60 heavy (non-hydrogen) atoms. The van der Waals surface area contributed by atoms with E-state index in [1.165, 1.54) is 115 Å². The monoisotopic (exact) mass is 844 g/mol. The summed E-state index contributed by atoms with van der Waals surface area (Å²) in [7, 11) is 0. The molecule has 0 atom stereocenters. The Morgan fingerprint density at radius 3 is 0.900 bits per heavy atom. The Hall–Kier alpha value is -5.76. The van der Waals surface area contributed by atoms with E-state index in [0.29, 0.717) is 11.8 Å². The molecule has 0 aliphatic rings. The molecule has 0 aliphatic heterocycles. The Morgan fingerprint density at radius 2 is 0.617 bits per heavy atom. The summed E-state index contributed by atoms with van der Waals surface area (Å²) in [6.07, 6.45) is 0. The molecule has 0 fully saturated rings. The van der Waals surface area contributed by atoms with Gasteiger partial charge in [0.05, 0.1) is 11.4 Å². The summed E-state index contributed by atoms with van der Waals surface area (Å²) in [6.45, 7) is 9.42. The van der Waals surface area contributed by atoms with Crippen LogP contribution in [-0.4, -0.2) is 0 Å². The average molecular weight is 845 g/mol. The van der Waals surface area contributed by atoms with Gasteiger partial charge in [-0.3, -0.25) is 9.80 Å². The van der Waals surface area contributed by atoms with Crippen LogP contribution < -0.4 is 9.80 Å². The lowest BCUT2D eigenvalue weighted by molar-refractivity contribution is 0.875. The second-order valence-corrected chi connectivity index (χ2v) is 20.8. The van der Waals surface area contributed by atoms with Crippen LogP contribution in [0, 0.1) is 0 Å². The zero-order valence-electron chi connectivity index (χ0n) is 33.7. The minimum Gasteiger partial charge on any atom is -0.292 e. The molecule has 0 spiro atoms. The number of hydrogen-bond donors (Lipinski definition) is 0. The molecule has 2 nitrogen and oxygen atoms in total. The van der Waals surface area contributed by atoms with Gasteiger partial charge in [0.2, 0.25) is 0 Å². The third-order valence-corrected chi connectivity index (χ3v) is 16.6. The Labute approximate surface area is 365 Å². The minimum atomic E-state index is 0.317. The van der Waals surface area contributed by atoms with Crippen molar-refractivity contribution in [1.82, 2.24) is 0 Å². The van der Waals surface area contributed by atoms with E-state index in [4.69, 9.17) is 0 Å². The molecule has 12 rings (SSSR count). The standard InChI is InChI=1S/C54H40N2S4/c1-31(2)41-29-43(55(49-25-33-13-5-9-17-45(33)57-49)50-26-34-14-6-10-18-46(34)58-50)39-24-22-38-42(32(3)4)30-44(40-23-21-37(41)53(39)54(38)40)56(51-27-35-15-7-11-19-47(35)59-51)52-28-36-16-8-12-20-48(36)60-52/h5-32H,1-4H3. The molecule has 0 unspecified atom stereocenters. The van der Waals surface area contributed by atoms with Crippen LogP contribution in [0.5, 0.6) is 0 Å². The maximum Gasteiger partial charge on any atom is 0.102 e. The molecule has 0 radical (unpaired) electrons. The van der Waals surface area contributed by atoms with Gasteiger partial charge in [-0.25, -0.2) is 0 Å². The maximum absolute atomic E-state index is 2.57. The SMILES string of the molecule is CC(C)c1cc(N(c2cc3ccccc3s2)c2cc3ccccc3s2)c2ccc3c(C(C)C)cc(N(c4cc5ccccc5s4)c4cc5ccccc5s4)c4ccc1c2c34. The second-order valence-electron chi connectivity index (χ2n) is 16.5. The Balaban J connectivity index is 1.20. The largest absolute Gasteiger partial charge is 0.292 e. The van der Waals surface area contributed by atoms with Gasteiger partial charge >= 0.3 is 0 Å². The quantitative estimate of drug-likeness (QED) is 0.141. The summed E-state index contributed by atoms with van der Waals surface area (Å²) in [5.41, 5.74) is 5.23. The number of benzene rings is 8.